The van der Waals surface area contributed by atoms with Gasteiger partial charge in [0.2, 0.25) is 0 Å². The van der Waals surface area contributed by atoms with Crippen molar-refractivity contribution in [3.05, 3.63) is 26.3 Å². The van der Waals surface area contributed by atoms with Gasteiger partial charge in [-0.25, -0.2) is 6.14 Å². The molecule has 7 heteroatoms. The van der Waals surface area contributed by atoms with Gasteiger partial charge in [-0.2, -0.15) is 8.42 Å². The maximum atomic E-state index is 13.2. The average molecular weight is 1070 g/mol. The lowest BCUT2D eigenvalue weighted by Gasteiger charge is -2.19. The lowest BCUT2D eigenvalue weighted by atomic mass is 9.92. The molecule has 0 aliphatic carbocycles. The molecule has 0 fully saturated rings. The van der Waals surface area contributed by atoms with Crippen LogP contribution in [-0.2, 0) is 35.5 Å². The quantitative estimate of drug-likeness (QED) is 0.0399. The van der Waals surface area contributed by atoms with E-state index in [9.17, 15) is 19.1 Å². The second-order valence-electron chi connectivity index (χ2n) is 21.2. The molecule has 0 saturated heterocycles. The van der Waals surface area contributed by atoms with Gasteiger partial charge in [-0.3, -0.25) is 4.55 Å². The van der Waals surface area contributed by atoms with E-state index in [1.807, 2.05) is 0 Å². The van der Waals surface area contributed by atoms with Crippen molar-refractivity contribution in [3.8, 4) is 0 Å². The number of benzene rings is 1. The first-order valence-corrected chi connectivity index (χ1v) is 34.3. The minimum absolute atomic E-state index is 0.0464. The van der Waals surface area contributed by atoms with E-state index in [0.717, 1.165) is 63.4 Å². The molecule has 0 saturated carbocycles. The first-order valence-electron chi connectivity index (χ1n) is 30.0. The van der Waals surface area contributed by atoms with E-state index in [0.29, 0.717) is 24.0 Å². The molecule has 0 atom stereocenters. The molecule has 0 unspecified atom stereocenters. The number of unbranched alkanes of at least 4 members (excludes halogenated alkanes) is 45. The van der Waals surface area contributed by atoms with E-state index in [4.69, 9.17) is 0 Å². The molecule has 0 amide bonds. The van der Waals surface area contributed by atoms with Gasteiger partial charge >= 0.3 is 19.8 Å². The first-order chi connectivity index (χ1) is 32.8. The summed E-state index contributed by atoms with van der Waals surface area (Å²) in [6, 6.07) is 2.06. The zero-order valence-electron chi connectivity index (χ0n) is 45.0. The van der Waals surface area contributed by atoms with Gasteiger partial charge in [-0.15, -0.1) is 0 Å². The van der Waals surface area contributed by atoms with Crippen molar-refractivity contribution in [1.82, 2.24) is 0 Å². The Labute approximate surface area is 425 Å². The number of rotatable bonds is 53. The minimum atomic E-state index is -4.71. The second-order valence-corrected chi connectivity index (χ2v) is 24.8. The number of halogens is 1. The third-order valence-corrected chi connectivity index (χ3v) is 18.2. The SMILES string of the molecule is CCCCCCCCCCCCCCCCCCc1cc(CCCCCCCCCCCCCCCCCC)c(I(=O)=O)c(S(=O)(=O)O)c1CCCCCCCCCCCCCCCCCC. The van der Waals surface area contributed by atoms with Crippen LogP contribution in [-0.4, -0.2) is 13.0 Å². The Morgan fingerprint density at radius 1 is 0.328 bits per heavy atom. The van der Waals surface area contributed by atoms with Crippen LogP contribution >= 0.6 is 19.8 Å². The van der Waals surface area contributed by atoms with Gasteiger partial charge in [0.1, 0.15) is 8.47 Å². The third kappa shape index (κ3) is 37.8. The van der Waals surface area contributed by atoms with Crippen LogP contribution in [0.4, 0.5) is 0 Å². The summed E-state index contributed by atoms with van der Waals surface area (Å²) < 4.78 is 63.1. The summed E-state index contributed by atoms with van der Waals surface area (Å²) in [5.41, 5.74) is 2.19. The van der Waals surface area contributed by atoms with Gasteiger partial charge in [-0.05, 0) is 55.2 Å². The lowest BCUT2D eigenvalue weighted by Crippen LogP contribution is -2.13. The normalized spacial score (nSPS) is 12.0. The number of hydrogen-bond donors (Lipinski definition) is 1. The summed E-state index contributed by atoms with van der Waals surface area (Å²) in [5, 5.41) is 0. The fourth-order valence-corrected chi connectivity index (χ4v) is 14.4. The molecule has 0 heterocycles. The van der Waals surface area contributed by atoms with Crippen molar-refractivity contribution in [2.45, 2.75) is 353 Å². The zero-order valence-corrected chi connectivity index (χ0v) is 48.0. The van der Waals surface area contributed by atoms with Gasteiger partial charge in [0.25, 0.3) is 10.1 Å². The molecule has 67 heavy (non-hydrogen) atoms. The van der Waals surface area contributed by atoms with Crippen LogP contribution in [0.3, 0.4) is 0 Å². The fourth-order valence-electron chi connectivity index (χ4n) is 10.5. The molecule has 1 aromatic carbocycles. The van der Waals surface area contributed by atoms with E-state index >= 15 is 0 Å². The Morgan fingerprint density at radius 3 is 0.761 bits per heavy atom. The van der Waals surface area contributed by atoms with E-state index in [2.05, 4.69) is 26.8 Å². The zero-order chi connectivity index (χ0) is 48.7. The predicted molar refractivity (Wildman–Crippen MR) is 300 cm³/mol. The van der Waals surface area contributed by atoms with Gasteiger partial charge in [0, 0.05) is 0 Å². The molecule has 1 rings (SSSR count). The largest absolute Gasteiger partial charge is 0.342 e. The van der Waals surface area contributed by atoms with Crippen molar-refractivity contribution in [3.63, 3.8) is 0 Å². The van der Waals surface area contributed by atoms with Crippen LogP contribution < -0.4 is 0 Å². The number of aryl methyl sites for hydroxylation is 2. The van der Waals surface area contributed by atoms with Crippen molar-refractivity contribution >= 4 is 29.9 Å². The summed E-state index contributed by atoms with van der Waals surface area (Å²) in [7, 11) is -4.71. The highest BCUT2D eigenvalue weighted by Gasteiger charge is 2.28. The highest BCUT2D eigenvalue weighted by Crippen LogP contribution is 2.37. The maximum Gasteiger partial charge on any atom is 0.342 e. The molecule has 0 aromatic heterocycles. The summed E-state index contributed by atoms with van der Waals surface area (Å²) in [4.78, 5) is -0.260. The Hall–Kier alpha value is -0.540. The van der Waals surface area contributed by atoms with Crippen LogP contribution in [0.5, 0.6) is 0 Å². The maximum absolute atomic E-state index is 13.2. The lowest BCUT2D eigenvalue weighted by molar-refractivity contribution is 0.479. The predicted octanol–water partition coefficient (Wildman–Crippen LogP) is 21.7. The summed E-state index contributed by atoms with van der Waals surface area (Å²) in [5.74, 6) is 0. The van der Waals surface area contributed by atoms with Gasteiger partial charge in [-0.1, -0.05) is 316 Å². The third-order valence-electron chi connectivity index (χ3n) is 14.8. The Balaban J connectivity index is 2.71. The van der Waals surface area contributed by atoms with Gasteiger partial charge in [0.05, 0.1) is 0 Å². The van der Waals surface area contributed by atoms with Crippen LogP contribution in [0, 0.1) is 3.57 Å². The summed E-state index contributed by atoms with van der Waals surface area (Å²) in [6.45, 7) is 6.84. The second kappa shape index (κ2) is 47.8. The van der Waals surface area contributed by atoms with Crippen molar-refractivity contribution in [2.24, 2.45) is 0 Å². The molecule has 0 bridgehead atoms. The highest BCUT2D eigenvalue weighted by molar-refractivity contribution is 14.2. The molecular formula is C60H113IO5S. The monoisotopic (exact) mass is 1070 g/mol. The molecule has 396 valence electrons. The van der Waals surface area contributed by atoms with Crippen LogP contribution in [0.25, 0.3) is 0 Å². The van der Waals surface area contributed by atoms with Crippen LogP contribution in [0.15, 0.2) is 11.0 Å². The Morgan fingerprint density at radius 2 is 0.537 bits per heavy atom. The van der Waals surface area contributed by atoms with Crippen LogP contribution in [0.1, 0.15) is 346 Å². The van der Waals surface area contributed by atoms with Crippen molar-refractivity contribution in [1.29, 1.82) is 0 Å². The average Bonchev–Trinajstić information content (AvgIpc) is 3.30. The molecule has 0 radical (unpaired) electrons. The van der Waals surface area contributed by atoms with Crippen molar-refractivity contribution < 1.29 is 19.1 Å². The molecule has 0 aliphatic heterocycles. The van der Waals surface area contributed by atoms with E-state index < -0.39 is 29.9 Å². The molecular weight excluding hydrogens is 960 g/mol. The van der Waals surface area contributed by atoms with Crippen molar-refractivity contribution in [2.75, 3.05) is 0 Å². The van der Waals surface area contributed by atoms with E-state index in [1.165, 1.54) is 257 Å². The molecule has 1 N–H and O–H groups in total. The molecule has 5 nitrogen and oxygen atoms in total. The fraction of sp³-hybridized carbons (Fsp3) is 0.900. The smallest absolute Gasteiger partial charge is 0.282 e. The van der Waals surface area contributed by atoms with E-state index in [-0.39, 0.29) is 8.47 Å². The van der Waals surface area contributed by atoms with Crippen LogP contribution in [0.2, 0.25) is 0 Å². The summed E-state index contributed by atoms with van der Waals surface area (Å²) >= 11 is -4.24. The van der Waals surface area contributed by atoms with Gasteiger partial charge in [0.15, 0.2) is 0 Å². The molecule has 0 spiro atoms. The first kappa shape index (κ1) is 64.5. The summed E-state index contributed by atoms with van der Waals surface area (Å²) in [6.07, 6.45) is 63.5. The molecule has 0 aliphatic rings. The minimum Gasteiger partial charge on any atom is -0.282 e. The Kier molecular flexibility index (Phi) is 46.0. The highest BCUT2D eigenvalue weighted by atomic mass is 127. The van der Waals surface area contributed by atoms with Gasteiger partial charge < -0.3 is 0 Å². The van der Waals surface area contributed by atoms with E-state index in [1.54, 1.807) is 0 Å². The standard InChI is InChI=1S/C60H113IO5S/c1-4-7-10-13-16-19-22-25-28-31-34-37-40-43-46-49-52-56-55-57(53-50-47-44-41-38-35-32-29-26-23-20-17-14-11-8-5-2)59(61(62)63)60(67(64,65)66)58(56)54-51-48-45-42-39-36-33-30-27-24-21-18-15-12-9-6-3/h55H,4-54H2,1-3H3,(H,64,65,66). The Bertz CT molecular complexity index is 1410. The number of hydrogen-bond acceptors (Lipinski definition) is 4. The topological polar surface area (TPSA) is 88.5 Å². The molecule has 1 aromatic rings.